The van der Waals surface area contributed by atoms with E-state index < -0.39 is 10.1 Å². The number of nitrogens with zero attached hydrogens (tertiary/aromatic N) is 1. The van der Waals surface area contributed by atoms with Crippen molar-refractivity contribution in [3.63, 3.8) is 0 Å². The van der Waals surface area contributed by atoms with Gasteiger partial charge in [0.05, 0.1) is 17.2 Å². The Hall–Kier alpha value is -3.08. The second-order valence-corrected chi connectivity index (χ2v) is 10.9. The van der Waals surface area contributed by atoms with Crippen LogP contribution < -0.4 is 14.2 Å². The molecule has 0 atom stereocenters. The van der Waals surface area contributed by atoms with Crippen LogP contribution in [0.15, 0.2) is 86.0 Å². The molecule has 1 amide bonds. The molecule has 0 unspecified atom stereocenters. The minimum Gasteiger partial charge on any atom is -0.490 e. The second-order valence-electron chi connectivity index (χ2n) is 7.45. The van der Waals surface area contributed by atoms with Crippen molar-refractivity contribution in [3.05, 3.63) is 87.2 Å². The lowest BCUT2D eigenvalue weighted by molar-refractivity contribution is -0.115. The third-order valence-electron chi connectivity index (χ3n) is 4.78. The van der Waals surface area contributed by atoms with Gasteiger partial charge in [-0.15, -0.1) is 0 Å². The maximum absolute atomic E-state index is 12.7. The first-order valence-electron chi connectivity index (χ1n) is 10.6. The van der Waals surface area contributed by atoms with E-state index in [1.54, 1.807) is 37.3 Å². The Balaban J connectivity index is 1.57. The molecule has 4 rings (SSSR count). The summed E-state index contributed by atoms with van der Waals surface area (Å²) in [5.74, 6) is 0.0476. The Kier molecular flexibility index (Phi) is 7.63. The van der Waals surface area contributed by atoms with Crippen LogP contribution in [0.3, 0.4) is 0 Å². The number of amidine groups is 1. The fourth-order valence-electron chi connectivity index (χ4n) is 3.09. The van der Waals surface area contributed by atoms with Crippen molar-refractivity contribution in [2.45, 2.75) is 18.7 Å². The van der Waals surface area contributed by atoms with E-state index in [4.69, 9.17) is 8.92 Å². The molecule has 1 heterocycles. The molecule has 10 heteroatoms. The van der Waals surface area contributed by atoms with Crippen molar-refractivity contribution in [2.24, 2.45) is 4.99 Å². The molecule has 3 aromatic carbocycles. The molecule has 1 saturated heterocycles. The van der Waals surface area contributed by atoms with Gasteiger partial charge in [-0.3, -0.25) is 4.79 Å². The van der Waals surface area contributed by atoms with Crippen LogP contribution in [0.25, 0.3) is 6.08 Å². The van der Waals surface area contributed by atoms with Gasteiger partial charge in [-0.1, -0.05) is 39.7 Å². The van der Waals surface area contributed by atoms with Crippen molar-refractivity contribution < 1.29 is 22.1 Å². The van der Waals surface area contributed by atoms with Gasteiger partial charge in [0, 0.05) is 4.47 Å². The van der Waals surface area contributed by atoms with Gasteiger partial charge < -0.3 is 14.2 Å². The van der Waals surface area contributed by atoms with Gasteiger partial charge in [-0.25, -0.2) is 4.99 Å². The summed E-state index contributed by atoms with van der Waals surface area (Å²) in [6.07, 6.45) is 1.69. The molecular formula is C25H21BrN2O5S2. The predicted octanol–water partition coefficient (Wildman–Crippen LogP) is 5.82. The monoisotopic (exact) mass is 572 g/mol. The third kappa shape index (κ3) is 6.33. The van der Waals surface area contributed by atoms with Crippen LogP contribution in [0.4, 0.5) is 5.69 Å². The van der Waals surface area contributed by atoms with Crippen LogP contribution in [-0.4, -0.2) is 26.1 Å². The van der Waals surface area contributed by atoms with E-state index in [1.807, 2.05) is 31.2 Å². The first-order valence-corrected chi connectivity index (χ1v) is 13.6. The van der Waals surface area contributed by atoms with Gasteiger partial charge in [0.25, 0.3) is 5.91 Å². The molecule has 3 aromatic rings. The van der Waals surface area contributed by atoms with Crippen molar-refractivity contribution >= 4 is 60.6 Å². The Morgan fingerprint density at radius 2 is 1.74 bits per heavy atom. The Labute approximate surface area is 216 Å². The van der Waals surface area contributed by atoms with Crippen molar-refractivity contribution in [1.82, 2.24) is 5.32 Å². The molecular weight excluding hydrogens is 552 g/mol. The molecule has 0 aromatic heterocycles. The lowest BCUT2D eigenvalue weighted by Crippen LogP contribution is -2.19. The van der Waals surface area contributed by atoms with Gasteiger partial charge in [-0.2, -0.15) is 8.42 Å². The molecule has 180 valence electrons. The molecule has 1 aliphatic heterocycles. The Morgan fingerprint density at radius 3 is 2.43 bits per heavy atom. The summed E-state index contributed by atoms with van der Waals surface area (Å²) in [7, 11) is -4.04. The second kappa shape index (κ2) is 10.7. The van der Waals surface area contributed by atoms with E-state index in [0.717, 1.165) is 10.0 Å². The number of nitrogens with one attached hydrogen (secondary N) is 1. The number of benzene rings is 3. The van der Waals surface area contributed by atoms with Gasteiger partial charge in [-0.05, 0) is 85.8 Å². The Morgan fingerprint density at radius 1 is 1.03 bits per heavy atom. The summed E-state index contributed by atoms with van der Waals surface area (Å²) < 4.78 is 37.4. The summed E-state index contributed by atoms with van der Waals surface area (Å²) in [5.41, 5.74) is 2.30. The van der Waals surface area contributed by atoms with Gasteiger partial charge >= 0.3 is 10.1 Å². The number of hydrogen-bond acceptors (Lipinski definition) is 7. The molecule has 0 saturated carbocycles. The van der Waals surface area contributed by atoms with Gasteiger partial charge in [0.2, 0.25) is 0 Å². The third-order valence-corrected chi connectivity index (χ3v) is 7.47. The number of carbonyl (C=O) groups is 1. The number of aryl methyl sites for hydroxylation is 1. The number of rotatable bonds is 7. The molecule has 0 aliphatic carbocycles. The van der Waals surface area contributed by atoms with Crippen molar-refractivity contribution in [2.75, 3.05) is 6.61 Å². The highest BCUT2D eigenvalue weighted by Crippen LogP contribution is 2.34. The smallest absolute Gasteiger partial charge is 0.339 e. The average Bonchev–Trinajstić information content (AvgIpc) is 3.16. The minimum absolute atomic E-state index is 0.0494. The number of hydrogen-bond donors (Lipinski definition) is 1. The standard InChI is InChI=1S/C25H21BrN2O5S2/c1-3-32-22-14-17(6-13-21(22)33-35(30,31)20-11-4-16(2)5-12-20)15-23-24(29)28-25(34-23)27-19-9-7-18(26)8-10-19/h4-15H,3H2,1-2H3,(H,27,28,29)/b23-15+. The van der Waals surface area contributed by atoms with Crippen LogP contribution in [0.2, 0.25) is 0 Å². The first-order chi connectivity index (χ1) is 16.7. The number of ether oxygens (including phenoxy) is 1. The highest BCUT2D eigenvalue weighted by molar-refractivity contribution is 9.10. The van der Waals surface area contributed by atoms with E-state index in [9.17, 15) is 13.2 Å². The Bertz CT molecular complexity index is 1420. The number of thioether (sulfide) groups is 1. The number of carbonyl (C=O) groups excluding carboxylic acids is 1. The minimum atomic E-state index is -4.04. The zero-order valence-electron chi connectivity index (χ0n) is 18.8. The summed E-state index contributed by atoms with van der Waals surface area (Å²) in [4.78, 5) is 17.4. The zero-order valence-corrected chi connectivity index (χ0v) is 22.0. The van der Waals surface area contributed by atoms with E-state index in [1.165, 1.54) is 30.0 Å². The summed E-state index contributed by atoms with van der Waals surface area (Å²) in [6.45, 7) is 3.96. The highest BCUT2D eigenvalue weighted by atomic mass is 79.9. The molecule has 35 heavy (non-hydrogen) atoms. The first kappa shape index (κ1) is 25.0. The van der Waals surface area contributed by atoms with E-state index >= 15 is 0 Å². The van der Waals surface area contributed by atoms with Crippen LogP contribution in [0, 0.1) is 6.92 Å². The topological polar surface area (TPSA) is 94.1 Å². The van der Waals surface area contributed by atoms with Crippen LogP contribution in [0.1, 0.15) is 18.1 Å². The maximum atomic E-state index is 12.7. The predicted molar refractivity (Wildman–Crippen MR) is 142 cm³/mol. The SMILES string of the molecule is CCOc1cc(/C=C2/SC(=Nc3ccc(Br)cc3)NC2=O)ccc1OS(=O)(=O)c1ccc(C)cc1. The molecule has 0 spiro atoms. The number of halogens is 1. The van der Waals surface area contributed by atoms with Crippen LogP contribution in [-0.2, 0) is 14.9 Å². The molecule has 1 fully saturated rings. The van der Waals surface area contributed by atoms with Crippen LogP contribution in [0.5, 0.6) is 11.5 Å². The average molecular weight is 573 g/mol. The van der Waals surface area contributed by atoms with Crippen LogP contribution >= 0.6 is 27.7 Å². The fraction of sp³-hybridized carbons (Fsp3) is 0.120. The normalized spacial score (nSPS) is 15.9. The summed E-state index contributed by atoms with van der Waals surface area (Å²) >= 11 is 4.60. The molecule has 7 nitrogen and oxygen atoms in total. The van der Waals surface area contributed by atoms with E-state index in [0.29, 0.717) is 27.9 Å². The zero-order chi connectivity index (χ0) is 25.0. The molecule has 0 bridgehead atoms. The molecule has 1 aliphatic rings. The van der Waals surface area contributed by atoms with E-state index in [2.05, 4.69) is 26.2 Å². The summed E-state index contributed by atoms with van der Waals surface area (Å²) in [5, 5.41) is 3.22. The number of amides is 1. The summed E-state index contributed by atoms with van der Waals surface area (Å²) in [6, 6.07) is 18.6. The highest BCUT2D eigenvalue weighted by Gasteiger charge is 2.24. The van der Waals surface area contributed by atoms with Gasteiger partial charge in [0.15, 0.2) is 16.7 Å². The fourth-order valence-corrected chi connectivity index (χ4v) is 5.13. The molecule has 0 radical (unpaired) electrons. The maximum Gasteiger partial charge on any atom is 0.339 e. The quantitative estimate of drug-likeness (QED) is 0.283. The lowest BCUT2D eigenvalue weighted by atomic mass is 10.2. The van der Waals surface area contributed by atoms with Crippen molar-refractivity contribution in [1.29, 1.82) is 0 Å². The largest absolute Gasteiger partial charge is 0.490 e. The van der Waals surface area contributed by atoms with Crippen molar-refractivity contribution in [3.8, 4) is 11.5 Å². The molecule has 1 N–H and O–H groups in total. The van der Waals surface area contributed by atoms with E-state index in [-0.39, 0.29) is 22.3 Å². The van der Waals surface area contributed by atoms with Gasteiger partial charge in [0.1, 0.15) is 4.90 Å². The lowest BCUT2D eigenvalue weighted by Gasteiger charge is -2.13. The number of aliphatic imine (C=N–C) groups is 1.